The molecular weight excluding hydrogens is 360 g/mol. The summed E-state index contributed by atoms with van der Waals surface area (Å²) < 4.78 is 11.0. The van der Waals surface area contributed by atoms with Crippen molar-refractivity contribution in [3.05, 3.63) is 76.5 Å². The SMILES string of the molecule is C[C@@H](OC(=O)Cc1n[nH]c(=O)c2ccccc12)c1nnc(-c2ccccc2)o1. The molecule has 2 aromatic heterocycles. The monoisotopic (exact) mass is 376 g/mol. The Balaban J connectivity index is 1.48. The van der Waals surface area contributed by atoms with E-state index in [1.807, 2.05) is 30.3 Å². The van der Waals surface area contributed by atoms with Gasteiger partial charge in [0.2, 0.25) is 5.89 Å². The topological polar surface area (TPSA) is 111 Å². The Bertz CT molecular complexity index is 1180. The van der Waals surface area contributed by atoms with Crippen LogP contribution in [-0.2, 0) is 16.0 Å². The maximum atomic E-state index is 12.4. The Morgan fingerprint density at radius 2 is 1.79 bits per heavy atom. The van der Waals surface area contributed by atoms with Gasteiger partial charge >= 0.3 is 5.97 Å². The summed E-state index contributed by atoms with van der Waals surface area (Å²) in [6.07, 6.45) is -0.812. The normalized spacial score (nSPS) is 12.0. The highest BCUT2D eigenvalue weighted by Gasteiger charge is 2.20. The molecule has 0 unspecified atom stereocenters. The predicted molar refractivity (Wildman–Crippen MR) is 100 cm³/mol. The molecule has 0 saturated heterocycles. The van der Waals surface area contributed by atoms with Crippen molar-refractivity contribution < 1.29 is 13.9 Å². The lowest BCUT2D eigenvalue weighted by atomic mass is 10.1. The first-order valence-corrected chi connectivity index (χ1v) is 8.66. The van der Waals surface area contributed by atoms with E-state index < -0.39 is 12.1 Å². The summed E-state index contributed by atoms with van der Waals surface area (Å²) >= 11 is 0. The molecule has 0 aliphatic rings. The molecule has 0 aliphatic heterocycles. The fourth-order valence-electron chi connectivity index (χ4n) is 2.83. The van der Waals surface area contributed by atoms with Gasteiger partial charge in [-0.05, 0) is 25.1 Å². The van der Waals surface area contributed by atoms with Crippen LogP contribution in [0.4, 0.5) is 0 Å². The van der Waals surface area contributed by atoms with Gasteiger partial charge in [0.1, 0.15) is 0 Å². The molecule has 0 amide bonds. The van der Waals surface area contributed by atoms with Crippen molar-refractivity contribution in [1.82, 2.24) is 20.4 Å². The van der Waals surface area contributed by atoms with Gasteiger partial charge in [-0.3, -0.25) is 9.59 Å². The number of H-pyrrole nitrogens is 1. The van der Waals surface area contributed by atoms with E-state index in [-0.39, 0.29) is 17.9 Å². The molecule has 28 heavy (non-hydrogen) atoms. The van der Waals surface area contributed by atoms with Gasteiger partial charge in [-0.15, -0.1) is 10.2 Å². The maximum absolute atomic E-state index is 12.4. The lowest BCUT2D eigenvalue weighted by molar-refractivity contribution is -0.148. The van der Waals surface area contributed by atoms with E-state index in [0.717, 1.165) is 5.56 Å². The largest absolute Gasteiger partial charge is 0.452 e. The number of hydrogen-bond acceptors (Lipinski definition) is 7. The average molecular weight is 376 g/mol. The van der Waals surface area contributed by atoms with Crippen molar-refractivity contribution in [3.63, 3.8) is 0 Å². The van der Waals surface area contributed by atoms with Gasteiger partial charge in [0.15, 0.2) is 6.10 Å². The first-order chi connectivity index (χ1) is 13.6. The first kappa shape index (κ1) is 17.6. The van der Waals surface area contributed by atoms with Gasteiger partial charge < -0.3 is 9.15 Å². The van der Waals surface area contributed by atoms with Gasteiger partial charge in [0, 0.05) is 10.9 Å². The number of nitrogens with one attached hydrogen (secondary N) is 1. The minimum atomic E-state index is -0.716. The van der Waals surface area contributed by atoms with Crippen LogP contribution in [0, 0.1) is 0 Å². The molecule has 8 heteroatoms. The zero-order chi connectivity index (χ0) is 19.5. The van der Waals surface area contributed by atoms with E-state index >= 15 is 0 Å². The van der Waals surface area contributed by atoms with Crippen LogP contribution in [0.25, 0.3) is 22.2 Å². The van der Waals surface area contributed by atoms with Gasteiger partial charge in [0.25, 0.3) is 11.4 Å². The first-order valence-electron chi connectivity index (χ1n) is 8.66. The molecule has 1 atom stereocenters. The zero-order valence-electron chi connectivity index (χ0n) is 15.0. The van der Waals surface area contributed by atoms with Gasteiger partial charge in [-0.25, -0.2) is 5.10 Å². The summed E-state index contributed by atoms with van der Waals surface area (Å²) in [4.78, 5) is 24.2. The van der Waals surface area contributed by atoms with Crippen molar-refractivity contribution in [2.75, 3.05) is 0 Å². The molecule has 2 heterocycles. The summed E-state index contributed by atoms with van der Waals surface area (Å²) in [5.41, 5.74) is 0.909. The summed E-state index contributed by atoms with van der Waals surface area (Å²) in [7, 11) is 0. The Morgan fingerprint density at radius 1 is 1.07 bits per heavy atom. The van der Waals surface area contributed by atoms with Crippen molar-refractivity contribution in [3.8, 4) is 11.5 Å². The fraction of sp³-hybridized carbons (Fsp3) is 0.150. The number of aromatic nitrogens is 4. The lowest BCUT2D eigenvalue weighted by Gasteiger charge is -2.10. The molecule has 4 aromatic rings. The van der Waals surface area contributed by atoms with E-state index in [0.29, 0.717) is 22.4 Å². The highest BCUT2D eigenvalue weighted by atomic mass is 16.6. The third-order valence-electron chi connectivity index (χ3n) is 4.20. The zero-order valence-corrected chi connectivity index (χ0v) is 15.0. The predicted octanol–water partition coefficient (Wildman–Crippen LogP) is 2.82. The summed E-state index contributed by atoms with van der Waals surface area (Å²) in [5.74, 6) is 0.0370. The van der Waals surface area contributed by atoms with E-state index in [1.165, 1.54) is 0 Å². The second-order valence-corrected chi connectivity index (χ2v) is 6.17. The highest BCUT2D eigenvalue weighted by Crippen LogP contribution is 2.22. The molecule has 0 saturated carbocycles. The number of fused-ring (bicyclic) bond motifs is 1. The quantitative estimate of drug-likeness (QED) is 0.533. The molecule has 4 rings (SSSR count). The maximum Gasteiger partial charge on any atom is 0.312 e. The number of ether oxygens (including phenoxy) is 1. The molecule has 2 aromatic carbocycles. The van der Waals surface area contributed by atoms with Gasteiger partial charge in [-0.2, -0.15) is 5.10 Å². The molecule has 0 spiro atoms. The second kappa shape index (κ2) is 7.43. The van der Waals surface area contributed by atoms with Crippen LogP contribution < -0.4 is 5.56 Å². The molecular formula is C20H16N4O4. The molecule has 0 radical (unpaired) electrons. The van der Waals surface area contributed by atoms with Crippen LogP contribution in [0.2, 0.25) is 0 Å². The molecule has 8 nitrogen and oxygen atoms in total. The van der Waals surface area contributed by atoms with Gasteiger partial charge in [0.05, 0.1) is 17.5 Å². The Labute approximate surface area is 159 Å². The molecule has 140 valence electrons. The van der Waals surface area contributed by atoms with E-state index in [2.05, 4.69) is 20.4 Å². The average Bonchev–Trinajstić information content (AvgIpc) is 3.21. The number of hydrogen-bond donors (Lipinski definition) is 1. The van der Waals surface area contributed by atoms with Crippen molar-refractivity contribution in [2.24, 2.45) is 0 Å². The number of nitrogens with zero attached hydrogens (tertiary/aromatic N) is 3. The number of carbonyl (C=O) groups is 1. The number of esters is 1. The number of carbonyl (C=O) groups excluding carboxylic acids is 1. The van der Waals surface area contributed by atoms with Crippen molar-refractivity contribution in [2.45, 2.75) is 19.4 Å². The summed E-state index contributed by atoms with van der Waals surface area (Å²) in [6.45, 7) is 1.65. The molecule has 0 bridgehead atoms. The van der Waals surface area contributed by atoms with Gasteiger partial charge in [-0.1, -0.05) is 36.4 Å². The van der Waals surface area contributed by atoms with Crippen LogP contribution in [0.5, 0.6) is 0 Å². The Morgan fingerprint density at radius 3 is 2.57 bits per heavy atom. The highest BCUT2D eigenvalue weighted by molar-refractivity contribution is 5.86. The lowest BCUT2D eigenvalue weighted by Crippen LogP contribution is -2.16. The van der Waals surface area contributed by atoms with E-state index in [4.69, 9.17) is 9.15 Å². The van der Waals surface area contributed by atoms with Crippen LogP contribution in [0.1, 0.15) is 24.6 Å². The Kier molecular flexibility index (Phi) is 4.67. The molecule has 1 N–H and O–H groups in total. The Hall–Kier alpha value is -3.81. The second-order valence-electron chi connectivity index (χ2n) is 6.17. The van der Waals surface area contributed by atoms with Crippen molar-refractivity contribution >= 4 is 16.7 Å². The number of benzene rings is 2. The van der Waals surface area contributed by atoms with Crippen LogP contribution >= 0.6 is 0 Å². The molecule has 0 aliphatic carbocycles. The fourth-order valence-corrected chi connectivity index (χ4v) is 2.83. The van der Waals surface area contributed by atoms with E-state index in [9.17, 15) is 9.59 Å². The van der Waals surface area contributed by atoms with Crippen LogP contribution in [-0.4, -0.2) is 26.4 Å². The van der Waals surface area contributed by atoms with Crippen LogP contribution in [0.15, 0.2) is 63.8 Å². The summed E-state index contributed by atoms with van der Waals surface area (Å²) in [6, 6.07) is 16.3. The summed E-state index contributed by atoms with van der Waals surface area (Å²) in [5, 5.41) is 15.4. The smallest absolute Gasteiger partial charge is 0.312 e. The minimum absolute atomic E-state index is 0.0959. The van der Waals surface area contributed by atoms with Crippen LogP contribution in [0.3, 0.4) is 0 Å². The number of rotatable bonds is 5. The third-order valence-corrected chi connectivity index (χ3v) is 4.20. The third kappa shape index (κ3) is 3.52. The van der Waals surface area contributed by atoms with E-state index in [1.54, 1.807) is 31.2 Å². The number of aromatic amines is 1. The standard InChI is InChI=1S/C20H16N4O4/c1-12(19-23-24-20(28-19)13-7-3-2-4-8-13)27-17(25)11-16-14-9-5-6-10-15(14)18(26)22-21-16/h2-10,12H,11H2,1H3,(H,22,26)/t12-/m1/s1. The van der Waals surface area contributed by atoms with Crippen molar-refractivity contribution in [1.29, 1.82) is 0 Å². The molecule has 0 fully saturated rings. The minimum Gasteiger partial charge on any atom is -0.452 e.